The van der Waals surface area contributed by atoms with Crippen LogP contribution < -0.4 is 5.32 Å². The largest absolute Gasteiger partial charge is 0.408 e. The van der Waals surface area contributed by atoms with E-state index in [-0.39, 0.29) is 41.3 Å². The van der Waals surface area contributed by atoms with Crippen molar-refractivity contribution in [2.75, 3.05) is 26.4 Å². The number of carbonyl (C=O) groups excluding carboxylic acids is 2. The summed E-state index contributed by atoms with van der Waals surface area (Å²) >= 11 is 1.43. The standard InChI is InChI=1S/C20H34N4O3S.ClH/c1-20(2,3)13-15(21-17(26)14-9-7-6-8-10-14)16(25)18-22-23-19(27-18)28-12-11-24(4)5;/h14-15H,6-13H2,1-5H3,(H,21,26);1H. The minimum absolute atomic E-state index is 0. The van der Waals surface area contributed by atoms with Crippen LogP contribution in [0.1, 0.15) is 70.0 Å². The lowest BCUT2D eigenvalue weighted by Crippen LogP contribution is -2.46. The van der Waals surface area contributed by atoms with E-state index in [0.29, 0.717) is 11.6 Å². The van der Waals surface area contributed by atoms with E-state index in [1.165, 1.54) is 18.2 Å². The Kier molecular flexibility index (Phi) is 10.6. The zero-order valence-corrected chi connectivity index (χ0v) is 19.8. The molecule has 1 fully saturated rings. The molecule has 166 valence electrons. The van der Waals surface area contributed by atoms with Crippen LogP contribution in [0.15, 0.2) is 9.64 Å². The van der Waals surface area contributed by atoms with Crippen molar-refractivity contribution >= 4 is 35.9 Å². The minimum Gasteiger partial charge on any atom is -0.408 e. The Morgan fingerprint density at radius 3 is 2.45 bits per heavy atom. The number of halogens is 1. The van der Waals surface area contributed by atoms with E-state index in [0.717, 1.165) is 38.0 Å². The van der Waals surface area contributed by atoms with Gasteiger partial charge in [-0.3, -0.25) is 9.59 Å². The SMILES string of the molecule is CN(C)CCSc1nnc(C(=O)C(CC(C)(C)C)NC(=O)C2CCCCC2)o1.Cl. The van der Waals surface area contributed by atoms with Gasteiger partial charge in [0, 0.05) is 18.2 Å². The van der Waals surface area contributed by atoms with Crippen LogP contribution in [-0.2, 0) is 4.79 Å². The fraction of sp³-hybridized carbons (Fsp3) is 0.800. The quantitative estimate of drug-likeness (QED) is 0.455. The van der Waals surface area contributed by atoms with Gasteiger partial charge in [0.1, 0.15) is 0 Å². The summed E-state index contributed by atoms with van der Waals surface area (Å²) in [4.78, 5) is 27.8. The summed E-state index contributed by atoms with van der Waals surface area (Å²) in [5.74, 6) is 0.454. The first kappa shape index (κ1) is 25.9. The molecular formula is C20H35ClN4O3S. The van der Waals surface area contributed by atoms with Crippen molar-refractivity contribution in [3.05, 3.63) is 5.89 Å². The van der Waals surface area contributed by atoms with Gasteiger partial charge >= 0.3 is 0 Å². The molecule has 0 radical (unpaired) electrons. The molecule has 0 aromatic carbocycles. The maximum absolute atomic E-state index is 13.0. The topological polar surface area (TPSA) is 88.3 Å². The molecule has 0 saturated heterocycles. The molecule has 2 rings (SSSR count). The maximum atomic E-state index is 13.0. The Labute approximate surface area is 184 Å². The normalized spacial score (nSPS) is 16.3. The molecule has 7 nitrogen and oxygen atoms in total. The van der Waals surface area contributed by atoms with E-state index < -0.39 is 6.04 Å². The zero-order valence-electron chi connectivity index (χ0n) is 18.2. The first-order chi connectivity index (χ1) is 13.2. The minimum atomic E-state index is -0.644. The highest BCUT2D eigenvalue weighted by Crippen LogP contribution is 2.26. The lowest BCUT2D eigenvalue weighted by molar-refractivity contribution is -0.126. The first-order valence-corrected chi connectivity index (χ1v) is 11.1. The van der Waals surface area contributed by atoms with Crippen LogP contribution in [0.25, 0.3) is 0 Å². The highest BCUT2D eigenvalue weighted by atomic mass is 35.5. The van der Waals surface area contributed by atoms with Crippen LogP contribution in [0.4, 0.5) is 0 Å². The van der Waals surface area contributed by atoms with Gasteiger partial charge in [-0.25, -0.2) is 0 Å². The van der Waals surface area contributed by atoms with Gasteiger partial charge in [-0.2, -0.15) is 0 Å². The van der Waals surface area contributed by atoms with Crippen molar-refractivity contribution in [1.82, 2.24) is 20.4 Å². The maximum Gasteiger partial charge on any atom is 0.286 e. The van der Waals surface area contributed by atoms with Crippen LogP contribution in [0, 0.1) is 11.3 Å². The van der Waals surface area contributed by atoms with E-state index >= 15 is 0 Å². The van der Waals surface area contributed by atoms with Gasteiger partial charge in [-0.15, -0.1) is 22.6 Å². The van der Waals surface area contributed by atoms with E-state index in [4.69, 9.17) is 4.42 Å². The van der Waals surface area contributed by atoms with Crippen molar-refractivity contribution in [2.24, 2.45) is 11.3 Å². The van der Waals surface area contributed by atoms with Crippen molar-refractivity contribution in [3.8, 4) is 0 Å². The fourth-order valence-electron chi connectivity index (χ4n) is 3.31. The lowest BCUT2D eigenvalue weighted by Gasteiger charge is -2.27. The summed E-state index contributed by atoms with van der Waals surface area (Å²) in [6, 6.07) is -0.644. The van der Waals surface area contributed by atoms with Gasteiger partial charge in [0.2, 0.25) is 11.7 Å². The third-order valence-electron chi connectivity index (χ3n) is 4.81. The molecule has 1 aromatic heterocycles. The highest BCUT2D eigenvalue weighted by molar-refractivity contribution is 7.99. The number of amides is 1. The van der Waals surface area contributed by atoms with Gasteiger partial charge < -0.3 is 14.6 Å². The first-order valence-electron chi connectivity index (χ1n) is 10.1. The smallest absolute Gasteiger partial charge is 0.286 e. The summed E-state index contributed by atoms with van der Waals surface area (Å²) in [5, 5.41) is 11.3. The summed E-state index contributed by atoms with van der Waals surface area (Å²) in [5.41, 5.74) is -0.122. The number of aromatic nitrogens is 2. The van der Waals surface area contributed by atoms with Gasteiger partial charge in [0.15, 0.2) is 0 Å². The Bertz CT molecular complexity index is 654. The molecule has 0 bridgehead atoms. The van der Waals surface area contributed by atoms with Gasteiger partial charge in [0.05, 0.1) is 6.04 Å². The second-order valence-electron chi connectivity index (χ2n) is 9.05. The monoisotopic (exact) mass is 446 g/mol. The third-order valence-corrected chi connectivity index (χ3v) is 5.61. The molecule has 9 heteroatoms. The lowest BCUT2D eigenvalue weighted by atomic mass is 9.85. The van der Waals surface area contributed by atoms with E-state index in [2.05, 4.69) is 41.2 Å². The second kappa shape index (κ2) is 11.9. The van der Waals surface area contributed by atoms with Crippen LogP contribution >= 0.6 is 24.2 Å². The summed E-state index contributed by atoms with van der Waals surface area (Å²) < 4.78 is 5.57. The number of hydrogen-bond acceptors (Lipinski definition) is 7. The van der Waals surface area contributed by atoms with Gasteiger partial charge in [0.25, 0.3) is 11.1 Å². The molecule has 1 aromatic rings. The van der Waals surface area contributed by atoms with Crippen molar-refractivity contribution in [1.29, 1.82) is 0 Å². The van der Waals surface area contributed by atoms with Crippen LogP contribution in [0.3, 0.4) is 0 Å². The number of thioether (sulfide) groups is 1. The molecule has 1 aliphatic carbocycles. The summed E-state index contributed by atoms with van der Waals surface area (Å²) in [7, 11) is 3.99. The average Bonchev–Trinajstić information content (AvgIpc) is 3.08. The average molecular weight is 447 g/mol. The Balaban J connectivity index is 0.00000420. The molecule has 1 unspecified atom stereocenters. The fourth-order valence-corrected chi connectivity index (χ4v) is 4.18. The molecule has 1 N–H and O–H groups in total. The van der Waals surface area contributed by atoms with Gasteiger partial charge in [-0.05, 0) is 38.8 Å². The molecule has 0 spiro atoms. The predicted molar refractivity (Wildman–Crippen MR) is 118 cm³/mol. The molecule has 0 aliphatic heterocycles. The van der Waals surface area contributed by atoms with Crippen LogP contribution in [0.5, 0.6) is 0 Å². The number of hydrogen-bond donors (Lipinski definition) is 1. The number of nitrogens with zero attached hydrogens (tertiary/aromatic N) is 3. The van der Waals surface area contributed by atoms with E-state index in [1.807, 2.05) is 14.1 Å². The molecule has 1 saturated carbocycles. The zero-order chi connectivity index (χ0) is 20.7. The molecule has 1 atom stereocenters. The Hall–Kier alpha value is -1.12. The molecule has 29 heavy (non-hydrogen) atoms. The molecule has 1 heterocycles. The number of Topliss-reactive ketones (excluding diaryl/α,β-unsaturated/α-hetero) is 1. The Morgan fingerprint density at radius 2 is 1.86 bits per heavy atom. The van der Waals surface area contributed by atoms with Crippen molar-refractivity contribution in [3.63, 3.8) is 0 Å². The third kappa shape index (κ3) is 9.05. The molecule has 1 aliphatic rings. The van der Waals surface area contributed by atoms with E-state index in [1.54, 1.807) is 0 Å². The van der Waals surface area contributed by atoms with Gasteiger partial charge in [-0.1, -0.05) is 51.8 Å². The van der Waals surface area contributed by atoms with E-state index in [9.17, 15) is 9.59 Å². The predicted octanol–water partition coefficient (Wildman–Crippen LogP) is 3.83. The number of carbonyl (C=O) groups is 2. The number of nitrogens with one attached hydrogen (secondary N) is 1. The second-order valence-corrected chi connectivity index (χ2v) is 10.1. The van der Waals surface area contributed by atoms with Crippen molar-refractivity contribution in [2.45, 2.75) is 70.6 Å². The number of rotatable bonds is 9. The van der Waals surface area contributed by atoms with Crippen molar-refractivity contribution < 1.29 is 14.0 Å². The summed E-state index contributed by atoms with van der Waals surface area (Å²) in [6.45, 7) is 7.03. The number of ketones is 1. The van der Waals surface area contributed by atoms with Crippen LogP contribution in [-0.4, -0.2) is 59.2 Å². The van der Waals surface area contributed by atoms with Crippen LogP contribution in [0.2, 0.25) is 0 Å². The summed E-state index contributed by atoms with van der Waals surface area (Å²) in [6.07, 6.45) is 5.66. The highest BCUT2D eigenvalue weighted by Gasteiger charge is 2.32. The Morgan fingerprint density at radius 1 is 1.21 bits per heavy atom. The molecular weight excluding hydrogens is 412 g/mol. The molecule has 1 amide bonds.